The Bertz CT molecular complexity index is 800. The normalized spacial score (nSPS) is 10.9. The van der Waals surface area contributed by atoms with Gasteiger partial charge in [0.15, 0.2) is 0 Å². The van der Waals surface area contributed by atoms with E-state index in [4.69, 9.17) is 22.1 Å². The third-order valence-electron chi connectivity index (χ3n) is 3.05. The van der Waals surface area contributed by atoms with Crippen molar-refractivity contribution in [2.75, 3.05) is 12.8 Å². The van der Waals surface area contributed by atoms with Gasteiger partial charge in [-0.3, -0.25) is 4.57 Å². The lowest BCUT2D eigenvalue weighted by Gasteiger charge is -2.07. The number of rotatable bonds is 2. The number of halogens is 2. The lowest BCUT2D eigenvalue weighted by molar-refractivity contribution is 0.415. The molecule has 0 atom stereocenters. The van der Waals surface area contributed by atoms with Gasteiger partial charge in [-0.15, -0.1) is 0 Å². The molecule has 0 aliphatic heterocycles. The molecular weight excluding hydrogens is 281 g/mol. The minimum Gasteiger partial charge on any atom is -0.497 e. The van der Waals surface area contributed by atoms with Gasteiger partial charge in [0.2, 0.25) is 5.95 Å². The SMILES string of the molecule is COc1ccc2c(c1)nc(N)n2-c1ccc(F)c(Cl)c1. The highest BCUT2D eigenvalue weighted by Gasteiger charge is 2.12. The number of nitrogens with zero attached hydrogens (tertiary/aromatic N) is 2. The van der Waals surface area contributed by atoms with Crippen LogP contribution >= 0.6 is 11.6 Å². The van der Waals surface area contributed by atoms with E-state index >= 15 is 0 Å². The number of imidazole rings is 1. The zero-order valence-corrected chi connectivity index (χ0v) is 11.4. The molecule has 0 bridgehead atoms. The average Bonchev–Trinajstić information content (AvgIpc) is 2.76. The molecule has 102 valence electrons. The molecule has 1 aromatic heterocycles. The Hall–Kier alpha value is -2.27. The number of fused-ring (bicyclic) bond motifs is 1. The Balaban J connectivity index is 2.24. The van der Waals surface area contributed by atoms with Crippen molar-refractivity contribution in [3.63, 3.8) is 0 Å². The topological polar surface area (TPSA) is 53.1 Å². The first-order valence-electron chi connectivity index (χ1n) is 5.87. The summed E-state index contributed by atoms with van der Waals surface area (Å²) in [6.07, 6.45) is 0. The Kier molecular flexibility index (Phi) is 2.99. The highest BCUT2D eigenvalue weighted by molar-refractivity contribution is 6.30. The predicted octanol–water partition coefficient (Wildman–Crippen LogP) is 3.41. The molecule has 2 N–H and O–H groups in total. The molecule has 0 aliphatic carbocycles. The summed E-state index contributed by atoms with van der Waals surface area (Å²) in [4.78, 5) is 4.27. The predicted molar refractivity (Wildman–Crippen MR) is 77.0 cm³/mol. The monoisotopic (exact) mass is 291 g/mol. The number of hydrogen-bond donors (Lipinski definition) is 1. The highest BCUT2D eigenvalue weighted by atomic mass is 35.5. The van der Waals surface area contributed by atoms with Crippen molar-refractivity contribution < 1.29 is 9.13 Å². The fraction of sp³-hybridized carbons (Fsp3) is 0.0714. The van der Waals surface area contributed by atoms with Crippen molar-refractivity contribution in [2.45, 2.75) is 0 Å². The molecule has 0 saturated carbocycles. The molecule has 0 radical (unpaired) electrons. The lowest BCUT2D eigenvalue weighted by atomic mass is 10.2. The summed E-state index contributed by atoms with van der Waals surface area (Å²) in [6.45, 7) is 0. The van der Waals surface area contributed by atoms with Crippen LogP contribution in [0.1, 0.15) is 0 Å². The number of hydrogen-bond acceptors (Lipinski definition) is 3. The standard InChI is InChI=1S/C14H11ClFN3O/c1-20-9-3-5-13-12(7-9)18-14(17)19(13)8-2-4-11(16)10(15)6-8/h2-7H,1H3,(H2,17,18). The number of methoxy groups -OCH3 is 1. The minimum absolute atomic E-state index is 0.0391. The van der Waals surface area contributed by atoms with Crippen molar-refractivity contribution >= 4 is 28.6 Å². The summed E-state index contributed by atoms with van der Waals surface area (Å²) in [5, 5.41) is 0.0391. The van der Waals surface area contributed by atoms with Crippen LogP contribution in [-0.2, 0) is 0 Å². The highest BCUT2D eigenvalue weighted by Crippen LogP contribution is 2.28. The van der Waals surface area contributed by atoms with Gasteiger partial charge in [-0.25, -0.2) is 9.37 Å². The summed E-state index contributed by atoms with van der Waals surface area (Å²) in [5.74, 6) is 0.523. The van der Waals surface area contributed by atoms with Gasteiger partial charge in [0.05, 0.1) is 28.9 Å². The lowest BCUT2D eigenvalue weighted by Crippen LogP contribution is -2.00. The van der Waals surface area contributed by atoms with Crippen molar-refractivity contribution in [1.82, 2.24) is 9.55 Å². The minimum atomic E-state index is -0.472. The van der Waals surface area contributed by atoms with E-state index in [1.165, 1.54) is 12.1 Å². The maximum Gasteiger partial charge on any atom is 0.205 e. The number of aromatic nitrogens is 2. The number of benzene rings is 2. The zero-order valence-electron chi connectivity index (χ0n) is 10.6. The smallest absolute Gasteiger partial charge is 0.205 e. The second-order valence-electron chi connectivity index (χ2n) is 4.26. The first-order valence-corrected chi connectivity index (χ1v) is 6.25. The maximum absolute atomic E-state index is 13.2. The van der Waals surface area contributed by atoms with Crippen LogP contribution in [0.2, 0.25) is 5.02 Å². The zero-order chi connectivity index (χ0) is 14.3. The van der Waals surface area contributed by atoms with Crippen molar-refractivity contribution in [3.8, 4) is 11.4 Å². The van der Waals surface area contributed by atoms with Crippen molar-refractivity contribution in [3.05, 3.63) is 47.2 Å². The Morgan fingerprint density at radius 1 is 1.25 bits per heavy atom. The van der Waals surface area contributed by atoms with Crippen LogP contribution in [0.15, 0.2) is 36.4 Å². The molecule has 0 fully saturated rings. The molecule has 3 rings (SSSR count). The van der Waals surface area contributed by atoms with Crippen LogP contribution in [0.5, 0.6) is 5.75 Å². The fourth-order valence-corrected chi connectivity index (χ4v) is 2.28. The second-order valence-corrected chi connectivity index (χ2v) is 4.67. The molecule has 0 spiro atoms. The van der Waals surface area contributed by atoms with Gasteiger partial charge in [0.25, 0.3) is 0 Å². The molecule has 0 amide bonds. The van der Waals surface area contributed by atoms with Gasteiger partial charge in [-0.1, -0.05) is 11.6 Å². The summed E-state index contributed by atoms with van der Waals surface area (Å²) < 4.78 is 20.1. The molecule has 0 aliphatic rings. The molecule has 1 heterocycles. The molecule has 0 saturated heterocycles. The van der Waals surface area contributed by atoms with Gasteiger partial charge < -0.3 is 10.5 Å². The third-order valence-corrected chi connectivity index (χ3v) is 3.34. The van der Waals surface area contributed by atoms with Crippen LogP contribution in [0.3, 0.4) is 0 Å². The summed E-state index contributed by atoms with van der Waals surface area (Å²) in [7, 11) is 1.58. The first kappa shape index (κ1) is 12.7. The summed E-state index contributed by atoms with van der Waals surface area (Å²) in [5.41, 5.74) is 8.09. The molecule has 0 unspecified atom stereocenters. The van der Waals surface area contributed by atoms with Crippen LogP contribution < -0.4 is 10.5 Å². The van der Waals surface area contributed by atoms with E-state index in [1.54, 1.807) is 23.8 Å². The van der Waals surface area contributed by atoms with E-state index in [0.717, 1.165) is 5.52 Å². The van der Waals surface area contributed by atoms with Crippen LogP contribution in [-0.4, -0.2) is 16.7 Å². The van der Waals surface area contributed by atoms with E-state index in [1.807, 2.05) is 12.1 Å². The summed E-state index contributed by atoms with van der Waals surface area (Å²) in [6, 6.07) is 9.85. The Morgan fingerprint density at radius 3 is 2.75 bits per heavy atom. The van der Waals surface area contributed by atoms with Gasteiger partial charge >= 0.3 is 0 Å². The van der Waals surface area contributed by atoms with Crippen LogP contribution in [0.4, 0.5) is 10.3 Å². The van der Waals surface area contributed by atoms with E-state index in [9.17, 15) is 4.39 Å². The van der Waals surface area contributed by atoms with E-state index in [2.05, 4.69) is 4.98 Å². The molecular formula is C14H11ClFN3O. The van der Waals surface area contributed by atoms with Gasteiger partial charge in [-0.2, -0.15) is 0 Å². The Morgan fingerprint density at radius 2 is 2.05 bits per heavy atom. The molecule has 2 aromatic carbocycles. The van der Waals surface area contributed by atoms with E-state index < -0.39 is 5.82 Å². The Labute approximate surface area is 119 Å². The molecule has 20 heavy (non-hydrogen) atoms. The number of nitrogens with two attached hydrogens (primary N) is 1. The fourth-order valence-electron chi connectivity index (χ4n) is 2.10. The molecule has 6 heteroatoms. The van der Waals surface area contributed by atoms with Gasteiger partial charge in [0.1, 0.15) is 11.6 Å². The third kappa shape index (κ3) is 1.96. The molecule has 3 aromatic rings. The largest absolute Gasteiger partial charge is 0.497 e. The van der Waals surface area contributed by atoms with Crippen LogP contribution in [0, 0.1) is 5.82 Å². The number of nitrogen functional groups attached to an aromatic ring is 1. The number of ether oxygens (including phenoxy) is 1. The van der Waals surface area contributed by atoms with E-state index in [0.29, 0.717) is 22.9 Å². The maximum atomic E-state index is 13.2. The average molecular weight is 292 g/mol. The molecule has 4 nitrogen and oxygen atoms in total. The quantitative estimate of drug-likeness (QED) is 0.787. The van der Waals surface area contributed by atoms with E-state index in [-0.39, 0.29) is 5.02 Å². The van der Waals surface area contributed by atoms with Gasteiger partial charge in [0, 0.05) is 6.07 Å². The van der Waals surface area contributed by atoms with Crippen molar-refractivity contribution in [1.29, 1.82) is 0 Å². The number of anilines is 1. The second kappa shape index (κ2) is 4.68. The van der Waals surface area contributed by atoms with Crippen LogP contribution in [0.25, 0.3) is 16.7 Å². The summed E-state index contributed by atoms with van der Waals surface area (Å²) >= 11 is 5.81. The van der Waals surface area contributed by atoms with Gasteiger partial charge in [-0.05, 0) is 30.3 Å². The first-order chi connectivity index (χ1) is 9.60. The van der Waals surface area contributed by atoms with Crippen molar-refractivity contribution in [2.24, 2.45) is 0 Å².